The van der Waals surface area contributed by atoms with Crippen LogP contribution in [0.5, 0.6) is 0 Å². The Morgan fingerprint density at radius 2 is 2.25 bits per heavy atom. The maximum atomic E-state index is 5.47. The molecule has 0 fully saturated rings. The molecule has 1 N–H and O–H groups in total. The van der Waals surface area contributed by atoms with Crippen LogP contribution in [0.25, 0.3) is 0 Å². The number of nitrogens with one attached hydrogen (secondary N) is 1. The highest BCUT2D eigenvalue weighted by atomic mass is 79.9. The van der Waals surface area contributed by atoms with Crippen LogP contribution in [-0.4, -0.2) is 19.8 Å². The van der Waals surface area contributed by atoms with Crippen molar-refractivity contribution in [3.05, 3.63) is 20.3 Å². The topological polar surface area (TPSA) is 21.3 Å². The Kier molecular flexibility index (Phi) is 7.28. The van der Waals surface area contributed by atoms with Gasteiger partial charge in [0.1, 0.15) is 0 Å². The van der Waals surface area contributed by atoms with Crippen LogP contribution in [0, 0.1) is 6.92 Å². The molecule has 0 bridgehead atoms. The normalized spacial score (nSPS) is 10.9. The molecule has 0 radical (unpaired) electrons. The van der Waals surface area contributed by atoms with E-state index in [1.807, 2.05) is 0 Å². The van der Waals surface area contributed by atoms with Crippen molar-refractivity contribution in [3.63, 3.8) is 0 Å². The van der Waals surface area contributed by atoms with E-state index >= 15 is 0 Å². The molecule has 0 saturated heterocycles. The number of unbranched alkanes of at least 4 members (excludes halogenated alkanes) is 1. The smallest absolute Gasteiger partial charge is 0.0730 e. The fraction of sp³-hybridized carbons (Fsp3) is 0.667. The van der Waals surface area contributed by atoms with Gasteiger partial charge in [-0.3, -0.25) is 0 Å². The summed E-state index contributed by atoms with van der Waals surface area (Å²) in [6, 6.07) is 2.22. The summed E-state index contributed by atoms with van der Waals surface area (Å²) in [4.78, 5) is 1.37. The van der Waals surface area contributed by atoms with Gasteiger partial charge in [-0.05, 0) is 40.9 Å². The Bertz CT molecular complexity index is 282. The van der Waals surface area contributed by atoms with E-state index in [1.54, 1.807) is 11.3 Å². The molecule has 0 aromatic carbocycles. The van der Waals surface area contributed by atoms with E-state index in [9.17, 15) is 0 Å². The number of ether oxygens (including phenoxy) is 1. The predicted octanol–water partition coefficient (Wildman–Crippen LogP) is 3.73. The molecule has 0 atom stereocenters. The Morgan fingerprint density at radius 1 is 1.44 bits per heavy atom. The van der Waals surface area contributed by atoms with Gasteiger partial charge in [0, 0.05) is 24.6 Å². The first-order valence-electron chi connectivity index (χ1n) is 5.77. The van der Waals surface area contributed by atoms with Crippen LogP contribution in [0.15, 0.2) is 9.85 Å². The first-order chi connectivity index (χ1) is 7.74. The molecular weight excluding hydrogens is 286 g/mol. The summed E-state index contributed by atoms with van der Waals surface area (Å²) in [5, 5.41) is 3.38. The van der Waals surface area contributed by atoms with Crippen molar-refractivity contribution in [1.29, 1.82) is 0 Å². The number of aryl methyl sites for hydroxylation is 1. The van der Waals surface area contributed by atoms with Crippen LogP contribution in [0.3, 0.4) is 0 Å². The fourth-order valence-electron chi connectivity index (χ4n) is 1.31. The number of thiophene rings is 1. The van der Waals surface area contributed by atoms with Gasteiger partial charge in [0.15, 0.2) is 0 Å². The highest BCUT2D eigenvalue weighted by Crippen LogP contribution is 2.26. The third-order valence-electron chi connectivity index (χ3n) is 2.27. The monoisotopic (exact) mass is 305 g/mol. The zero-order valence-electron chi connectivity index (χ0n) is 10.0. The molecule has 0 unspecified atom stereocenters. The molecule has 16 heavy (non-hydrogen) atoms. The Morgan fingerprint density at radius 3 is 2.88 bits per heavy atom. The Labute approximate surface area is 111 Å². The highest BCUT2D eigenvalue weighted by Gasteiger charge is 2.01. The van der Waals surface area contributed by atoms with E-state index in [2.05, 4.69) is 41.2 Å². The second kappa shape index (κ2) is 8.23. The summed E-state index contributed by atoms with van der Waals surface area (Å²) in [7, 11) is 0. The van der Waals surface area contributed by atoms with E-state index in [0.29, 0.717) is 0 Å². The number of rotatable bonds is 8. The molecule has 0 aliphatic rings. The third-order valence-corrected chi connectivity index (χ3v) is 4.41. The van der Waals surface area contributed by atoms with Gasteiger partial charge in [0.05, 0.1) is 10.4 Å². The van der Waals surface area contributed by atoms with E-state index < -0.39 is 0 Å². The Balaban J connectivity index is 2.03. The van der Waals surface area contributed by atoms with E-state index in [4.69, 9.17) is 4.74 Å². The predicted molar refractivity (Wildman–Crippen MR) is 74.2 cm³/mol. The van der Waals surface area contributed by atoms with E-state index in [-0.39, 0.29) is 0 Å². The third kappa shape index (κ3) is 5.43. The maximum absolute atomic E-state index is 5.47. The molecule has 0 aliphatic carbocycles. The van der Waals surface area contributed by atoms with E-state index in [0.717, 1.165) is 32.7 Å². The molecule has 0 spiro atoms. The van der Waals surface area contributed by atoms with Gasteiger partial charge in [-0.15, -0.1) is 11.3 Å². The van der Waals surface area contributed by atoms with Crippen molar-refractivity contribution in [3.8, 4) is 0 Å². The molecular formula is C12H20BrNOS. The van der Waals surface area contributed by atoms with Crippen LogP contribution >= 0.6 is 27.3 Å². The van der Waals surface area contributed by atoms with Gasteiger partial charge < -0.3 is 10.1 Å². The average Bonchev–Trinajstić information content (AvgIpc) is 2.57. The summed E-state index contributed by atoms with van der Waals surface area (Å²) in [6.45, 7) is 7.87. The minimum Gasteiger partial charge on any atom is -0.380 e. The molecule has 1 heterocycles. The lowest BCUT2D eigenvalue weighted by atomic mass is 10.3. The minimum atomic E-state index is 0.811. The zero-order valence-corrected chi connectivity index (χ0v) is 12.4. The van der Waals surface area contributed by atoms with Gasteiger partial charge in [-0.1, -0.05) is 13.3 Å². The lowest BCUT2D eigenvalue weighted by Crippen LogP contribution is -2.18. The highest BCUT2D eigenvalue weighted by molar-refractivity contribution is 9.11. The van der Waals surface area contributed by atoms with Crippen LogP contribution in [0.4, 0.5) is 0 Å². The first kappa shape index (κ1) is 14.2. The lowest BCUT2D eigenvalue weighted by molar-refractivity contribution is 0.133. The number of hydrogen-bond acceptors (Lipinski definition) is 3. The molecule has 1 aromatic heterocycles. The van der Waals surface area contributed by atoms with Crippen molar-refractivity contribution >= 4 is 27.3 Å². The maximum Gasteiger partial charge on any atom is 0.0730 e. The van der Waals surface area contributed by atoms with Crippen LogP contribution in [0.1, 0.15) is 30.2 Å². The van der Waals surface area contributed by atoms with Crippen molar-refractivity contribution in [2.24, 2.45) is 0 Å². The van der Waals surface area contributed by atoms with Crippen molar-refractivity contribution in [2.75, 3.05) is 19.8 Å². The minimum absolute atomic E-state index is 0.811. The molecule has 1 aromatic rings. The first-order valence-corrected chi connectivity index (χ1v) is 7.38. The average molecular weight is 306 g/mol. The zero-order chi connectivity index (χ0) is 11.8. The van der Waals surface area contributed by atoms with Gasteiger partial charge >= 0.3 is 0 Å². The lowest BCUT2D eigenvalue weighted by Gasteiger charge is -2.04. The number of hydrogen-bond donors (Lipinski definition) is 1. The molecule has 1 rings (SSSR count). The summed E-state index contributed by atoms with van der Waals surface area (Å²) in [6.07, 6.45) is 2.37. The summed E-state index contributed by atoms with van der Waals surface area (Å²) in [5.41, 5.74) is 1.32. The number of halogens is 1. The largest absolute Gasteiger partial charge is 0.380 e. The second-order valence-electron chi connectivity index (χ2n) is 3.81. The molecule has 4 heteroatoms. The fourth-order valence-corrected chi connectivity index (χ4v) is 2.91. The Hall–Kier alpha value is 0.1000. The van der Waals surface area contributed by atoms with Crippen LogP contribution in [0.2, 0.25) is 0 Å². The van der Waals surface area contributed by atoms with E-state index in [1.165, 1.54) is 20.6 Å². The standard InChI is InChI=1S/C12H20BrNOS/c1-3-4-6-15-7-5-14-9-11-8-10(2)12(13)16-11/h8,14H,3-7,9H2,1-2H3. The SMILES string of the molecule is CCCCOCCNCc1cc(C)c(Br)s1. The van der Waals surface area contributed by atoms with Crippen LogP contribution in [-0.2, 0) is 11.3 Å². The summed E-state index contributed by atoms with van der Waals surface area (Å²) in [5.74, 6) is 0. The van der Waals surface area contributed by atoms with Crippen molar-refractivity contribution < 1.29 is 4.74 Å². The van der Waals surface area contributed by atoms with Gasteiger partial charge in [0.25, 0.3) is 0 Å². The molecule has 0 saturated carbocycles. The van der Waals surface area contributed by atoms with Crippen LogP contribution < -0.4 is 5.32 Å². The molecule has 0 amide bonds. The molecule has 0 aliphatic heterocycles. The van der Waals surface area contributed by atoms with Crippen molar-refractivity contribution in [1.82, 2.24) is 5.32 Å². The second-order valence-corrected chi connectivity index (χ2v) is 6.27. The van der Waals surface area contributed by atoms with Gasteiger partial charge in [0.2, 0.25) is 0 Å². The summed E-state index contributed by atoms with van der Waals surface area (Å²) < 4.78 is 6.71. The summed E-state index contributed by atoms with van der Waals surface area (Å²) >= 11 is 5.33. The quantitative estimate of drug-likeness (QED) is 0.739. The molecule has 2 nitrogen and oxygen atoms in total. The van der Waals surface area contributed by atoms with Gasteiger partial charge in [-0.25, -0.2) is 0 Å². The van der Waals surface area contributed by atoms with Gasteiger partial charge in [-0.2, -0.15) is 0 Å². The van der Waals surface area contributed by atoms with Crippen molar-refractivity contribution in [2.45, 2.75) is 33.2 Å². The molecule has 92 valence electrons.